The minimum absolute atomic E-state index is 0.0540. The zero-order valence-electron chi connectivity index (χ0n) is 10.8. The average Bonchev–Trinajstić information content (AvgIpc) is 2.92. The van der Waals surface area contributed by atoms with Crippen molar-refractivity contribution < 1.29 is 9.90 Å². The summed E-state index contributed by atoms with van der Waals surface area (Å²) in [4.78, 5) is 13.2. The van der Waals surface area contributed by atoms with Crippen LogP contribution in [0.25, 0.3) is 0 Å². The molecule has 19 heavy (non-hydrogen) atoms. The smallest absolute Gasteiger partial charge is 0.225 e. The summed E-state index contributed by atoms with van der Waals surface area (Å²) in [5, 5.41) is 14.7. The van der Waals surface area contributed by atoms with Gasteiger partial charge in [0.1, 0.15) is 5.75 Å². The number of carbonyl (C=O) groups is 1. The van der Waals surface area contributed by atoms with Gasteiger partial charge in [0.05, 0.1) is 12.5 Å². The van der Waals surface area contributed by atoms with Crippen molar-refractivity contribution in [2.45, 2.75) is 25.8 Å². The van der Waals surface area contributed by atoms with E-state index in [2.05, 4.69) is 5.32 Å². The fraction of sp³-hybridized carbons (Fsp3) is 0.267. The predicted molar refractivity (Wildman–Crippen MR) is 77.3 cm³/mol. The summed E-state index contributed by atoms with van der Waals surface area (Å²) in [7, 11) is 0. The Bertz CT molecular complexity index is 537. The maximum atomic E-state index is 12.0. The molecule has 2 N–H and O–H groups in total. The number of thiophene rings is 1. The highest BCUT2D eigenvalue weighted by molar-refractivity contribution is 7.10. The second-order valence-corrected chi connectivity index (χ2v) is 5.33. The van der Waals surface area contributed by atoms with Crippen LogP contribution >= 0.6 is 11.3 Å². The molecule has 1 unspecified atom stereocenters. The molecule has 100 valence electrons. The first kappa shape index (κ1) is 13.6. The van der Waals surface area contributed by atoms with E-state index in [1.807, 2.05) is 30.5 Å². The minimum atomic E-state index is -0.0678. The molecule has 0 saturated heterocycles. The van der Waals surface area contributed by atoms with Crippen LogP contribution in [0.5, 0.6) is 5.75 Å². The molecule has 0 radical (unpaired) electrons. The van der Waals surface area contributed by atoms with E-state index in [1.54, 1.807) is 29.5 Å². The van der Waals surface area contributed by atoms with Crippen molar-refractivity contribution in [3.63, 3.8) is 0 Å². The van der Waals surface area contributed by atoms with Crippen LogP contribution in [0.3, 0.4) is 0 Å². The largest absolute Gasteiger partial charge is 0.508 e. The van der Waals surface area contributed by atoms with Crippen molar-refractivity contribution in [1.29, 1.82) is 0 Å². The molecule has 0 aliphatic rings. The van der Waals surface area contributed by atoms with E-state index in [4.69, 9.17) is 0 Å². The Morgan fingerprint density at radius 2 is 2.11 bits per heavy atom. The zero-order chi connectivity index (χ0) is 13.7. The molecule has 0 aliphatic carbocycles. The van der Waals surface area contributed by atoms with Crippen molar-refractivity contribution in [1.82, 2.24) is 5.32 Å². The highest BCUT2D eigenvalue weighted by atomic mass is 32.1. The standard InChI is InChI=1S/C15H17NO2S/c1-2-12(14-8-5-9-19-14)16-15(18)10-11-6-3-4-7-13(11)17/h3-9,12,17H,2,10H2,1H3,(H,16,18). The zero-order valence-corrected chi connectivity index (χ0v) is 11.6. The van der Waals surface area contributed by atoms with E-state index in [9.17, 15) is 9.90 Å². The molecule has 1 amide bonds. The maximum Gasteiger partial charge on any atom is 0.225 e. The number of phenolic OH excluding ortho intramolecular Hbond substituents is 1. The van der Waals surface area contributed by atoms with E-state index in [-0.39, 0.29) is 24.1 Å². The lowest BCUT2D eigenvalue weighted by molar-refractivity contribution is -0.121. The van der Waals surface area contributed by atoms with Gasteiger partial charge in [-0.1, -0.05) is 31.2 Å². The van der Waals surface area contributed by atoms with Gasteiger partial charge in [0, 0.05) is 10.4 Å². The third-order valence-corrected chi connectivity index (χ3v) is 3.96. The highest BCUT2D eigenvalue weighted by Gasteiger charge is 2.14. The van der Waals surface area contributed by atoms with Crippen LogP contribution in [0.4, 0.5) is 0 Å². The normalized spacial score (nSPS) is 12.1. The molecule has 3 nitrogen and oxygen atoms in total. The molecule has 1 heterocycles. The molecule has 2 aromatic rings. The summed E-state index contributed by atoms with van der Waals surface area (Å²) < 4.78 is 0. The molecule has 0 saturated carbocycles. The molecule has 1 aromatic carbocycles. The first-order chi connectivity index (χ1) is 9.20. The number of phenols is 1. The van der Waals surface area contributed by atoms with Crippen molar-refractivity contribution in [3.8, 4) is 5.75 Å². The number of benzene rings is 1. The molecular weight excluding hydrogens is 258 g/mol. The van der Waals surface area contributed by atoms with Gasteiger partial charge in [0.25, 0.3) is 0 Å². The van der Waals surface area contributed by atoms with Crippen LogP contribution < -0.4 is 5.32 Å². The van der Waals surface area contributed by atoms with Gasteiger partial charge >= 0.3 is 0 Å². The summed E-state index contributed by atoms with van der Waals surface area (Å²) in [6.07, 6.45) is 1.06. The van der Waals surface area contributed by atoms with Gasteiger partial charge < -0.3 is 10.4 Å². The fourth-order valence-electron chi connectivity index (χ4n) is 1.94. The van der Waals surface area contributed by atoms with E-state index in [0.29, 0.717) is 5.56 Å². The third-order valence-electron chi connectivity index (χ3n) is 2.97. The van der Waals surface area contributed by atoms with E-state index in [0.717, 1.165) is 11.3 Å². The second-order valence-electron chi connectivity index (χ2n) is 4.35. The van der Waals surface area contributed by atoms with E-state index < -0.39 is 0 Å². The molecule has 0 bridgehead atoms. The van der Waals surface area contributed by atoms with Crippen molar-refractivity contribution in [2.24, 2.45) is 0 Å². The summed E-state index contributed by atoms with van der Waals surface area (Å²) in [6.45, 7) is 2.05. The number of nitrogens with one attached hydrogen (secondary N) is 1. The molecular formula is C15H17NO2S. The van der Waals surface area contributed by atoms with Crippen LogP contribution in [0.1, 0.15) is 29.8 Å². The number of para-hydroxylation sites is 1. The van der Waals surface area contributed by atoms with Gasteiger partial charge in [-0.2, -0.15) is 0 Å². The van der Waals surface area contributed by atoms with Crippen LogP contribution in [-0.4, -0.2) is 11.0 Å². The maximum absolute atomic E-state index is 12.0. The average molecular weight is 275 g/mol. The molecule has 1 aromatic heterocycles. The van der Waals surface area contributed by atoms with Gasteiger partial charge in [-0.15, -0.1) is 11.3 Å². The summed E-state index contributed by atoms with van der Waals surface area (Å²) in [5.74, 6) is 0.101. The predicted octanol–water partition coefficient (Wildman–Crippen LogP) is 3.26. The van der Waals surface area contributed by atoms with E-state index >= 15 is 0 Å². The SMILES string of the molecule is CCC(NC(=O)Cc1ccccc1O)c1cccs1. The topological polar surface area (TPSA) is 49.3 Å². The Kier molecular flexibility index (Phi) is 4.58. The van der Waals surface area contributed by atoms with Crippen molar-refractivity contribution in [2.75, 3.05) is 0 Å². The molecule has 0 spiro atoms. The lowest BCUT2D eigenvalue weighted by Gasteiger charge is -2.15. The first-order valence-electron chi connectivity index (χ1n) is 6.30. The quantitative estimate of drug-likeness (QED) is 0.880. The van der Waals surface area contributed by atoms with Crippen LogP contribution in [0.2, 0.25) is 0 Å². The number of carbonyl (C=O) groups excluding carboxylic acids is 1. The Labute approximate surface area is 116 Å². The number of amides is 1. The number of hydrogen-bond donors (Lipinski definition) is 2. The van der Waals surface area contributed by atoms with Crippen molar-refractivity contribution in [3.05, 3.63) is 52.2 Å². The Morgan fingerprint density at radius 1 is 1.32 bits per heavy atom. The summed E-state index contributed by atoms with van der Waals surface area (Å²) in [5.41, 5.74) is 0.654. The molecule has 0 fully saturated rings. The van der Waals surface area contributed by atoms with Gasteiger partial charge in [-0.3, -0.25) is 4.79 Å². The van der Waals surface area contributed by atoms with Crippen LogP contribution in [0.15, 0.2) is 41.8 Å². The molecule has 0 aliphatic heterocycles. The first-order valence-corrected chi connectivity index (χ1v) is 7.18. The van der Waals surface area contributed by atoms with Crippen LogP contribution in [-0.2, 0) is 11.2 Å². The summed E-state index contributed by atoms with van der Waals surface area (Å²) in [6, 6.07) is 11.0. The molecule has 1 atom stereocenters. The minimum Gasteiger partial charge on any atom is -0.508 e. The number of rotatable bonds is 5. The summed E-state index contributed by atoms with van der Waals surface area (Å²) >= 11 is 1.64. The highest BCUT2D eigenvalue weighted by Crippen LogP contribution is 2.22. The fourth-order valence-corrected chi connectivity index (χ4v) is 2.80. The van der Waals surface area contributed by atoms with Gasteiger partial charge in [-0.05, 0) is 23.9 Å². The van der Waals surface area contributed by atoms with Crippen molar-refractivity contribution >= 4 is 17.2 Å². The van der Waals surface area contributed by atoms with E-state index in [1.165, 1.54) is 0 Å². The third kappa shape index (κ3) is 3.58. The Morgan fingerprint density at radius 3 is 2.74 bits per heavy atom. The van der Waals surface area contributed by atoms with Gasteiger partial charge in [-0.25, -0.2) is 0 Å². The number of aromatic hydroxyl groups is 1. The Balaban J connectivity index is 1.99. The van der Waals surface area contributed by atoms with Gasteiger partial charge in [0.15, 0.2) is 0 Å². The van der Waals surface area contributed by atoms with Gasteiger partial charge in [0.2, 0.25) is 5.91 Å². The van der Waals surface area contributed by atoms with Crippen LogP contribution in [0, 0.1) is 0 Å². The molecule has 4 heteroatoms. The number of hydrogen-bond acceptors (Lipinski definition) is 3. The second kappa shape index (κ2) is 6.38. The lowest BCUT2D eigenvalue weighted by atomic mass is 10.1. The Hall–Kier alpha value is -1.81. The molecule has 2 rings (SSSR count). The lowest BCUT2D eigenvalue weighted by Crippen LogP contribution is -2.29. The monoisotopic (exact) mass is 275 g/mol.